The molecule has 0 heterocycles. The first kappa shape index (κ1) is 12.2. The molecule has 0 radical (unpaired) electrons. The van der Waals surface area contributed by atoms with Gasteiger partial charge in [0.2, 0.25) is 0 Å². The third kappa shape index (κ3) is 3.14. The van der Waals surface area contributed by atoms with Crippen molar-refractivity contribution >= 4 is 6.08 Å². The molecule has 0 saturated carbocycles. The number of aromatic hydroxyl groups is 1. The predicted molar refractivity (Wildman–Crippen MR) is 73.8 cm³/mol. The van der Waals surface area contributed by atoms with Gasteiger partial charge >= 0.3 is 0 Å². The number of allylic oxidation sites excluding steroid dienone is 1. The number of methoxy groups -OCH3 is 1. The maximum atomic E-state index is 9.50. The molecule has 2 rings (SSSR count). The molecule has 2 aromatic rings. The molecule has 1 N–H and O–H groups in total. The summed E-state index contributed by atoms with van der Waals surface area (Å²) in [6, 6.07) is 15.6. The van der Waals surface area contributed by atoms with Crippen LogP contribution in [0.2, 0.25) is 0 Å². The highest BCUT2D eigenvalue weighted by Crippen LogP contribution is 2.26. The van der Waals surface area contributed by atoms with Crippen molar-refractivity contribution in [1.29, 1.82) is 0 Å². The van der Waals surface area contributed by atoms with Crippen molar-refractivity contribution in [1.82, 2.24) is 0 Å². The van der Waals surface area contributed by atoms with Crippen molar-refractivity contribution in [3.63, 3.8) is 0 Å². The highest BCUT2D eigenvalue weighted by atomic mass is 16.5. The Bertz CT molecular complexity index is 530. The molecule has 2 aromatic carbocycles. The zero-order valence-corrected chi connectivity index (χ0v) is 10.3. The monoisotopic (exact) mass is 240 g/mol. The normalized spacial score (nSPS) is 10.7. The van der Waals surface area contributed by atoms with Crippen LogP contribution in [0.4, 0.5) is 0 Å². The van der Waals surface area contributed by atoms with Gasteiger partial charge in [0.1, 0.15) is 0 Å². The molecule has 0 atom stereocenters. The molecule has 0 fully saturated rings. The van der Waals surface area contributed by atoms with Crippen LogP contribution in [0.25, 0.3) is 6.08 Å². The van der Waals surface area contributed by atoms with Crippen LogP contribution < -0.4 is 4.74 Å². The van der Waals surface area contributed by atoms with Gasteiger partial charge in [0.25, 0.3) is 0 Å². The fourth-order valence-electron chi connectivity index (χ4n) is 1.74. The lowest BCUT2D eigenvalue weighted by Gasteiger charge is -2.04. The van der Waals surface area contributed by atoms with E-state index in [1.807, 2.05) is 30.3 Å². The average Bonchev–Trinajstić information content (AvgIpc) is 2.42. The molecule has 0 aliphatic heterocycles. The second kappa shape index (κ2) is 5.92. The summed E-state index contributed by atoms with van der Waals surface area (Å²) in [5, 5.41) is 9.50. The Hall–Kier alpha value is -2.22. The second-order valence-electron chi connectivity index (χ2n) is 4.02. The number of phenolic OH excluding ortho intramolecular Hbond substituents is 1. The number of phenols is 1. The van der Waals surface area contributed by atoms with Gasteiger partial charge in [-0.3, -0.25) is 0 Å². The molecule has 0 saturated heterocycles. The van der Waals surface area contributed by atoms with Gasteiger partial charge in [0.05, 0.1) is 7.11 Å². The Kier molecular flexibility index (Phi) is 4.02. The minimum atomic E-state index is 0.174. The molecule has 0 aliphatic carbocycles. The maximum Gasteiger partial charge on any atom is 0.160 e. The number of ether oxygens (including phenoxy) is 1. The van der Waals surface area contributed by atoms with Crippen molar-refractivity contribution < 1.29 is 9.84 Å². The van der Waals surface area contributed by atoms with Gasteiger partial charge in [0.15, 0.2) is 11.5 Å². The van der Waals surface area contributed by atoms with E-state index in [1.54, 1.807) is 13.2 Å². The van der Waals surface area contributed by atoms with Gasteiger partial charge in [-0.05, 0) is 29.7 Å². The van der Waals surface area contributed by atoms with Gasteiger partial charge in [-0.25, -0.2) is 0 Å². The number of hydrogen-bond donors (Lipinski definition) is 1. The van der Waals surface area contributed by atoms with Crippen LogP contribution >= 0.6 is 0 Å². The third-order valence-electron chi connectivity index (χ3n) is 2.71. The van der Waals surface area contributed by atoms with Crippen LogP contribution in [0.15, 0.2) is 54.6 Å². The fraction of sp³-hybridized carbons (Fsp3) is 0.125. The third-order valence-corrected chi connectivity index (χ3v) is 2.71. The van der Waals surface area contributed by atoms with Crippen LogP contribution in [-0.2, 0) is 6.42 Å². The van der Waals surface area contributed by atoms with E-state index in [0.29, 0.717) is 5.75 Å². The zero-order valence-electron chi connectivity index (χ0n) is 10.3. The summed E-state index contributed by atoms with van der Waals surface area (Å²) in [6.45, 7) is 0. The lowest BCUT2D eigenvalue weighted by atomic mass is 10.1. The highest BCUT2D eigenvalue weighted by molar-refractivity contribution is 5.50. The van der Waals surface area contributed by atoms with Crippen molar-refractivity contribution in [3.05, 3.63) is 65.7 Å². The molecule has 0 spiro atoms. The Labute approximate surface area is 107 Å². The summed E-state index contributed by atoms with van der Waals surface area (Å²) < 4.78 is 5.08. The van der Waals surface area contributed by atoms with E-state index in [9.17, 15) is 5.11 Å². The van der Waals surface area contributed by atoms with Crippen LogP contribution in [0.3, 0.4) is 0 Å². The van der Waals surface area contributed by atoms with Crippen LogP contribution in [0, 0.1) is 0 Å². The Morgan fingerprint density at radius 1 is 1.11 bits per heavy atom. The zero-order chi connectivity index (χ0) is 12.8. The van der Waals surface area contributed by atoms with Crippen molar-refractivity contribution in [2.75, 3.05) is 7.11 Å². The summed E-state index contributed by atoms with van der Waals surface area (Å²) in [6.07, 6.45) is 4.99. The first-order valence-electron chi connectivity index (χ1n) is 5.87. The van der Waals surface area contributed by atoms with E-state index in [-0.39, 0.29) is 5.75 Å². The van der Waals surface area contributed by atoms with Crippen LogP contribution in [-0.4, -0.2) is 12.2 Å². The molecule has 2 nitrogen and oxygen atoms in total. The molecular weight excluding hydrogens is 224 g/mol. The first-order valence-corrected chi connectivity index (χ1v) is 5.87. The summed E-state index contributed by atoms with van der Waals surface area (Å²) in [5.41, 5.74) is 2.29. The fourth-order valence-corrected chi connectivity index (χ4v) is 1.74. The van der Waals surface area contributed by atoms with Crippen LogP contribution in [0.5, 0.6) is 11.5 Å². The molecule has 18 heavy (non-hydrogen) atoms. The van der Waals surface area contributed by atoms with E-state index < -0.39 is 0 Å². The highest BCUT2D eigenvalue weighted by Gasteiger charge is 2.00. The Balaban J connectivity index is 2.04. The summed E-state index contributed by atoms with van der Waals surface area (Å²) in [7, 11) is 1.55. The van der Waals surface area contributed by atoms with Crippen molar-refractivity contribution in [3.8, 4) is 11.5 Å². The van der Waals surface area contributed by atoms with Crippen molar-refractivity contribution in [2.45, 2.75) is 6.42 Å². The average molecular weight is 240 g/mol. The van der Waals surface area contributed by atoms with Gasteiger partial charge in [-0.2, -0.15) is 0 Å². The summed E-state index contributed by atoms with van der Waals surface area (Å²) in [5.74, 6) is 0.689. The summed E-state index contributed by atoms with van der Waals surface area (Å²) >= 11 is 0. The molecule has 92 valence electrons. The molecule has 0 bridgehead atoms. The topological polar surface area (TPSA) is 29.5 Å². The van der Waals surface area contributed by atoms with Crippen molar-refractivity contribution in [2.24, 2.45) is 0 Å². The number of hydrogen-bond acceptors (Lipinski definition) is 2. The maximum absolute atomic E-state index is 9.50. The van der Waals surface area contributed by atoms with E-state index in [0.717, 1.165) is 12.0 Å². The summed E-state index contributed by atoms with van der Waals surface area (Å²) in [4.78, 5) is 0. The molecule has 0 amide bonds. The first-order chi connectivity index (χ1) is 8.79. The largest absolute Gasteiger partial charge is 0.504 e. The van der Waals surface area contributed by atoms with E-state index >= 15 is 0 Å². The van der Waals surface area contributed by atoms with Gasteiger partial charge in [0, 0.05) is 0 Å². The molecule has 0 unspecified atom stereocenters. The van der Waals surface area contributed by atoms with E-state index in [2.05, 4.69) is 24.3 Å². The van der Waals surface area contributed by atoms with Crippen LogP contribution in [0.1, 0.15) is 11.1 Å². The lowest BCUT2D eigenvalue weighted by Crippen LogP contribution is -1.87. The Morgan fingerprint density at radius 3 is 2.61 bits per heavy atom. The predicted octanol–water partition coefficient (Wildman–Crippen LogP) is 3.66. The Morgan fingerprint density at radius 2 is 1.89 bits per heavy atom. The minimum Gasteiger partial charge on any atom is -0.504 e. The molecule has 2 heteroatoms. The SMILES string of the molecule is COc1cc(CC=Cc2ccccc2)ccc1O. The smallest absolute Gasteiger partial charge is 0.160 e. The molecular formula is C16H16O2. The minimum absolute atomic E-state index is 0.174. The van der Waals surface area contributed by atoms with E-state index in [4.69, 9.17) is 4.74 Å². The van der Waals surface area contributed by atoms with Gasteiger partial charge in [-0.1, -0.05) is 48.6 Å². The van der Waals surface area contributed by atoms with E-state index in [1.165, 1.54) is 5.56 Å². The quantitative estimate of drug-likeness (QED) is 0.883. The standard InChI is InChI=1S/C16H16O2/c1-18-16-12-14(10-11-15(16)17)9-5-8-13-6-3-2-4-7-13/h2-8,10-12,17H,9H2,1H3. The molecule has 0 aliphatic rings. The van der Waals surface area contributed by atoms with Gasteiger partial charge in [-0.15, -0.1) is 0 Å². The number of benzene rings is 2. The van der Waals surface area contributed by atoms with Gasteiger partial charge < -0.3 is 9.84 Å². The second-order valence-corrected chi connectivity index (χ2v) is 4.02. The number of rotatable bonds is 4. The lowest BCUT2D eigenvalue weighted by molar-refractivity contribution is 0.373. The molecule has 0 aromatic heterocycles.